The highest BCUT2D eigenvalue weighted by Gasteiger charge is 2.35. The maximum Gasteiger partial charge on any atom is 0.249 e. The van der Waals surface area contributed by atoms with Gasteiger partial charge in [-0.15, -0.1) is 0 Å². The Hall–Kier alpha value is -2.31. The monoisotopic (exact) mass is 399 g/mol. The zero-order valence-electron chi connectivity index (χ0n) is 15.3. The molecule has 1 aliphatic heterocycles. The molecule has 1 saturated heterocycles. The number of likely N-dealkylation sites (tertiary alicyclic amines) is 1. The van der Waals surface area contributed by atoms with Crippen molar-refractivity contribution in [3.63, 3.8) is 0 Å². The fraction of sp³-hybridized carbons (Fsp3) is 0.600. The molecule has 1 fully saturated rings. The molecular formula is C15H21N5O6S. The van der Waals surface area contributed by atoms with E-state index in [9.17, 15) is 13.2 Å². The average molecular weight is 399 g/mol. The SMILES string of the molecule is COCCN1C(=O)CC[C@H]1c1nc(CNS(=O)(=O)c2c(C)noc2C)no1. The van der Waals surface area contributed by atoms with E-state index in [0.717, 1.165) is 0 Å². The quantitative estimate of drug-likeness (QED) is 0.670. The van der Waals surface area contributed by atoms with E-state index in [1.165, 1.54) is 6.92 Å². The highest BCUT2D eigenvalue weighted by atomic mass is 32.2. The predicted molar refractivity (Wildman–Crippen MR) is 89.9 cm³/mol. The summed E-state index contributed by atoms with van der Waals surface area (Å²) in [4.78, 5) is 17.9. The minimum Gasteiger partial charge on any atom is -0.383 e. The minimum absolute atomic E-state index is 0.00153. The first-order chi connectivity index (χ1) is 12.8. The van der Waals surface area contributed by atoms with Gasteiger partial charge in [0, 0.05) is 20.1 Å². The molecule has 1 amide bonds. The third-order valence-electron chi connectivity index (χ3n) is 4.29. The van der Waals surface area contributed by atoms with Gasteiger partial charge in [-0.3, -0.25) is 4.79 Å². The third kappa shape index (κ3) is 4.01. The fourth-order valence-corrected chi connectivity index (χ4v) is 4.33. The average Bonchev–Trinajstić information content (AvgIpc) is 3.31. The number of rotatable bonds is 8. The molecular weight excluding hydrogens is 378 g/mol. The number of hydrogen-bond acceptors (Lipinski definition) is 9. The molecule has 0 unspecified atom stereocenters. The number of ether oxygens (including phenoxy) is 1. The molecule has 2 aromatic heterocycles. The van der Waals surface area contributed by atoms with Crippen LogP contribution in [0.1, 0.15) is 42.1 Å². The van der Waals surface area contributed by atoms with E-state index < -0.39 is 10.0 Å². The lowest BCUT2D eigenvalue weighted by Crippen LogP contribution is -2.31. The van der Waals surface area contributed by atoms with Gasteiger partial charge in [-0.25, -0.2) is 13.1 Å². The van der Waals surface area contributed by atoms with E-state index in [1.54, 1.807) is 18.9 Å². The normalized spacial score (nSPS) is 17.8. The van der Waals surface area contributed by atoms with Crippen molar-refractivity contribution in [3.05, 3.63) is 23.2 Å². The molecule has 1 atom stereocenters. The van der Waals surface area contributed by atoms with E-state index in [4.69, 9.17) is 13.8 Å². The Kier molecular flexibility index (Phi) is 5.58. The lowest BCUT2D eigenvalue weighted by molar-refractivity contribution is -0.130. The second-order valence-electron chi connectivity index (χ2n) is 6.16. The van der Waals surface area contributed by atoms with Crippen LogP contribution in [0.4, 0.5) is 0 Å². The molecule has 3 heterocycles. The summed E-state index contributed by atoms with van der Waals surface area (Å²) in [5.41, 5.74) is 0.270. The Morgan fingerprint density at radius 3 is 2.74 bits per heavy atom. The van der Waals surface area contributed by atoms with Crippen molar-refractivity contribution in [1.29, 1.82) is 0 Å². The van der Waals surface area contributed by atoms with Crippen molar-refractivity contribution in [1.82, 2.24) is 24.9 Å². The molecule has 0 aromatic carbocycles. The molecule has 12 heteroatoms. The Morgan fingerprint density at radius 1 is 1.30 bits per heavy atom. The van der Waals surface area contributed by atoms with Crippen molar-refractivity contribution in [2.75, 3.05) is 20.3 Å². The van der Waals surface area contributed by atoms with Gasteiger partial charge in [-0.1, -0.05) is 10.3 Å². The first kappa shape index (κ1) is 19.5. The Balaban J connectivity index is 1.69. The minimum atomic E-state index is -3.83. The number of sulfonamides is 1. The summed E-state index contributed by atoms with van der Waals surface area (Å²) in [6.45, 7) is 3.74. The molecule has 27 heavy (non-hydrogen) atoms. The summed E-state index contributed by atoms with van der Waals surface area (Å²) in [5, 5.41) is 7.45. The summed E-state index contributed by atoms with van der Waals surface area (Å²) in [5.74, 6) is 0.651. The van der Waals surface area contributed by atoms with Gasteiger partial charge < -0.3 is 18.7 Å². The zero-order chi connectivity index (χ0) is 19.6. The second-order valence-corrected chi connectivity index (χ2v) is 7.86. The summed E-state index contributed by atoms with van der Waals surface area (Å²) in [7, 11) is -2.27. The topological polar surface area (TPSA) is 141 Å². The van der Waals surface area contributed by atoms with E-state index >= 15 is 0 Å². The van der Waals surface area contributed by atoms with Crippen molar-refractivity contribution in [2.24, 2.45) is 0 Å². The van der Waals surface area contributed by atoms with Crippen LogP contribution in [0.5, 0.6) is 0 Å². The van der Waals surface area contributed by atoms with Crippen LogP contribution >= 0.6 is 0 Å². The van der Waals surface area contributed by atoms with Gasteiger partial charge >= 0.3 is 0 Å². The van der Waals surface area contributed by atoms with Crippen LogP contribution in [0, 0.1) is 13.8 Å². The number of amides is 1. The molecule has 148 valence electrons. The number of nitrogens with zero attached hydrogens (tertiary/aromatic N) is 4. The number of methoxy groups -OCH3 is 1. The summed E-state index contributed by atoms with van der Waals surface area (Å²) in [6, 6.07) is -0.326. The van der Waals surface area contributed by atoms with Crippen molar-refractivity contribution >= 4 is 15.9 Å². The lowest BCUT2D eigenvalue weighted by Gasteiger charge is -2.21. The number of hydrogen-bond donors (Lipinski definition) is 1. The van der Waals surface area contributed by atoms with Gasteiger partial charge in [0.2, 0.25) is 21.8 Å². The van der Waals surface area contributed by atoms with E-state index in [2.05, 4.69) is 20.0 Å². The second kappa shape index (κ2) is 7.74. The molecule has 11 nitrogen and oxygen atoms in total. The van der Waals surface area contributed by atoms with Crippen LogP contribution in [-0.2, 0) is 26.1 Å². The van der Waals surface area contributed by atoms with Crippen LogP contribution in [0.3, 0.4) is 0 Å². The summed E-state index contributed by atoms with van der Waals surface area (Å²) < 4.78 is 42.4. The smallest absolute Gasteiger partial charge is 0.249 e. The molecule has 0 bridgehead atoms. The van der Waals surface area contributed by atoms with Gasteiger partial charge in [0.15, 0.2) is 11.6 Å². The van der Waals surface area contributed by atoms with E-state index in [1.807, 2.05) is 0 Å². The molecule has 0 spiro atoms. The number of carbonyl (C=O) groups is 1. The van der Waals surface area contributed by atoms with Crippen molar-refractivity contribution in [3.8, 4) is 0 Å². The molecule has 2 aromatic rings. The van der Waals surface area contributed by atoms with E-state index in [0.29, 0.717) is 26.0 Å². The molecule has 0 aliphatic carbocycles. The summed E-state index contributed by atoms with van der Waals surface area (Å²) >= 11 is 0. The number of carbonyl (C=O) groups excluding carboxylic acids is 1. The molecule has 1 aliphatic rings. The molecule has 3 rings (SSSR count). The van der Waals surface area contributed by atoms with Gasteiger partial charge in [0.25, 0.3) is 0 Å². The van der Waals surface area contributed by atoms with Gasteiger partial charge in [0.05, 0.1) is 13.2 Å². The first-order valence-electron chi connectivity index (χ1n) is 8.37. The Bertz CT molecular complexity index is 902. The predicted octanol–water partition coefficient (Wildman–Crippen LogP) is 0.463. The zero-order valence-corrected chi connectivity index (χ0v) is 16.1. The highest BCUT2D eigenvalue weighted by molar-refractivity contribution is 7.89. The summed E-state index contributed by atoms with van der Waals surface area (Å²) in [6.07, 6.45) is 0.958. The van der Waals surface area contributed by atoms with E-state index in [-0.39, 0.29) is 46.6 Å². The Morgan fingerprint density at radius 2 is 2.07 bits per heavy atom. The number of aromatic nitrogens is 3. The molecule has 0 saturated carbocycles. The van der Waals surface area contributed by atoms with Crippen molar-refractivity contribution in [2.45, 2.75) is 44.2 Å². The van der Waals surface area contributed by atoms with Crippen LogP contribution < -0.4 is 4.72 Å². The standard InChI is InChI=1S/C15H21N5O6S/c1-9-14(10(2)25-18-9)27(22,23)16-8-12-17-15(26-19-12)11-4-5-13(21)20(11)6-7-24-3/h11,16H,4-8H2,1-3H3/t11-/m0/s1. The highest BCUT2D eigenvalue weighted by Crippen LogP contribution is 2.31. The fourth-order valence-electron chi connectivity index (χ4n) is 3.03. The lowest BCUT2D eigenvalue weighted by atomic mass is 10.2. The largest absolute Gasteiger partial charge is 0.383 e. The first-order valence-corrected chi connectivity index (χ1v) is 9.85. The van der Waals surface area contributed by atoms with Gasteiger partial charge in [-0.05, 0) is 20.3 Å². The van der Waals surface area contributed by atoms with Crippen LogP contribution in [0.2, 0.25) is 0 Å². The maximum atomic E-state index is 12.4. The Labute approximate surface area is 156 Å². The number of aryl methyl sites for hydroxylation is 2. The van der Waals surface area contributed by atoms with Crippen molar-refractivity contribution < 1.29 is 27.0 Å². The molecule has 1 N–H and O–H groups in total. The van der Waals surface area contributed by atoms with Crippen LogP contribution in [0.15, 0.2) is 13.9 Å². The maximum absolute atomic E-state index is 12.4. The van der Waals surface area contributed by atoms with Gasteiger partial charge in [-0.2, -0.15) is 4.98 Å². The van der Waals surface area contributed by atoms with Gasteiger partial charge in [0.1, 0.15) is 16.6 Å². The van der Waals surface area contributed by atoms with Crippen LogP contribution in [-0.4, -0.2) is 54.8 Å². The third-order valence-corrected chi connectivity index (χ3v) is 5.93. The molecule has 0 radical (unpaired) electrons. The van der Waals surface area contributed by atoms with Crippen LogP contribution in [0.25, 0.3) is 0 Å². The number of nitrogens with one attached hydrogen (secondary N) is 1.